The molecule has 2 aliphatic rings. The summed E-state index contributed by atoms with van der Waals surface area (Å²) < 4.78 is 0. The van der Waals surface area contributed by atoms with Crippen molar-refractivity contribution in [2.45, 2.75) is 25.7 Å². The Bertz CT molecular complexity index is 158. The van der Waals surface area contributed by atoms with Crippen molar-refractivity contribution in [2.75, 3.05) is 19.6 Å². The smallest absolute Gasteiger partial charge is 0.0160 e. The van der Waals surface area contributed by atoms with E-state index in [0.717, 1.165) is 12.0 Å². The molecule has 0 atom stereocenters. The van der Waals surface area contributed by atoms with Crippen LogP contribution in [-0.2, 0) is 0 Å². The first kappa shape index (κ1) is 7.35. The first-order chi connectivity index (χ1) is 5.35. The summed E-state index contributed by atoms with van der Waals surface area (Å²) in [6.45, 7) is 7.53. The van der Waals surface area contributed by atoms with Crippen LogP contribution in [-0.4, -0.2) is 24.5 Å². The quantitative estimate of drug-likeness (QED) is 0.546. The summed E-state index contributed by atoms with van der Waals surface area (Å²) >= 11 is 0. The van der Waals surface area contributed by atoms with Crippen molar-refractivity contribution in [3.63, 3.8) is 0 Å². The van der Waals surface area contributed by atoms with Gasteiger partial charge in [-0.3, -0.25) is 4.90 Å². The Balaban J connectivity index is 1.88. The molecule has 62 valence electrons. The molecule has 0 aromatic heterocycles. The Morgan fingerprint density at radius 2 is 2.18 bits per heavy atom. The Labute approximate surface area is 69.1 Å². The van der Waals surface area contributed by atoms with Crippen LogP contribution < -0.4 is 0 Å². The van der Waals surface area contributed by atoms with E-state index in [1.165, 1.54) is 38.8 Å². The first-order valence-electron chi connectivity index (χ1n) is 4.68. The van der Waals surface area contributed by atoms with E-state index in [4.69, 9.17) is 0 Å². The van der Waals surface area contributed by atoms with Crippen molar-refractivity contribution in [2.24, 2.45) is 5.41 Å². The lowest BCUT2D eigenvalue weighted by atomic mass is 9.95. The van der Waals surface area contributed by atoms with Crippen LogP contribution >= 0.6 is 0 Å². The molecule has 0 unspecified atom stereocenters. The van der Waals surface area contributed by atoms with Crippen LogP contribution in [0.5, 0.6) is 0 Å². The van der Waals surface area contributed by atoms with Gasteiger partial charge in [-0.1, -0.05) is 6.08 Å². The van der Waals surface area contributed by atoms with Crippen molar-refractivity contribution in [3.8, 4) is 0 Å². The van der Waals surface area contributed by atoms with E-state index in [-0.39, 0.29) is 0 Å². The molecule has 1 aliphatic heterocycles. The summed E-state index contributed by atoms with van der Waals surface area (Å²) in [6.07, 6.45) is 7.90. The van der Waals surface area contributed by atoms with Gasteiger partial charge in [0.15, 0.2) is 0 Å². The minimum atomic E-state index is 0.779. The summed E-state index contributed by atoms with van der Waals surface area (Å²) in [5.74, 6) is 0. The lowest BCUT2D eigenvalue weighted by Crippen LogP contribution is -2.36. The molecule has 0 N–H and O–H groups in total. The molecule has 0 amide bonds. The highest BCUT2D eigenvalue weighted by Gasteiger charge is 2.44. The highest BCUT2D eigenvalue weighted by Crippen LogP contribution is 2.51. The van der Waals surface area contributed by atoms with Gasteiger partial charge >= 0.3 is 0 Å². The molecule has 1 spiro atoms. The number of hydrogen-bond acceptors (Lipinski definition) is 1. The molecule has 1 heterocycles. The van der Waals surface area contributed by atoms with Gasteiger partial charge in [0.05, 0.1) is 0 Å². The Hall–Kier alpha value is -0.300. The molecular formula is C10H17N. The van der Waals surface area contributed by atoms with E-state index < -0.39 is 0 Å². The predicted molar refractivity (Wildman–Crippen MR) is 47.5 cm³/mol. The molecular weight excluding hydrogens is 134 g/mol. The van der Waals surface area contributed by atoms with Crippen molar-refractivity contribution in [1.29, 1.82) is 0 Å². The fourth-order valence-electron chi connectivity index (χ4n) is 2.23. The molecule has 1 saturated heterocycles. The SMILES string of the molecule is C=CCN1CCCC2(CC2)C1. The second-order valence-electron chi connectivity index (χ2n) is 4.13. The Morgan fingerprint density at radius 3 is 2.82 bits per heavy atom. The maximum Gasteiger partial charge on any atom is 0.0160 e. The largest absolute Gasteiger partial charge is 0.299 e. The van der Waals surface area contributed by atoms with Crippen molar-refractivity contribution in [1.82, 2.24) is 4.90 Å². The minimum absolute atomic E-state index is 0.779. The van der Waals surface area contributed by atoms with Gasteiger partial charge in [0.2, 0.25) is 0 Å². The van der Waals surface area contributed by atoms with Gasteiger partial charge in [-0.25, -0.2) is 0 Å². The van der Waals surface area contributed by atoms with Crippen LogP contribution in [0.15, 0.2) is 12.7 Å². The third-order valence-corrected chi connectivity index (χ3v) is 3.08. The fraction of sp³-hybridized carbons (Fsp3) is 0.800. The van der Waals surface area contributed by atoms with Gasteiger partial charge in [-0.2, -0.15) is 0 Å². The van der Waals surface area contributed by atoms with Gasteiger partial charge in [-0.05, 0) is 37.6 Å². The number of hydrogen-bond donors (Lipinski definition) is 0. The van der Waals surface area contributed by atoms with Gasteiger partial charge in [0, 0.05) is 13.1 Å². The molecule has 1 heteroatoms. The highest BCUT2D eigenvalue weighted by atomic mass is 15.1. The van der Waals surface area contributed by atoms with E-state index in [9.17, 15) is 0 Å². The van der Waals surface area contributed by atoms with Gasteiger partial charge in [-0.15, -0.1) is 6.58 Å². The van der Waals surface area contributed by atoms with E-state index >= 15 is 0 Å². The summed E-state index contributed by atoms with van der Waals surface area (Å²) in [4.78, 5) is 2.55. The summed E-state index contributed by atoms with van der Waals surface area (Å²) in [7, 11) is 0. The molecule has 1 saturated carbocycles. The van der Waals surface area contributed by atoms with Crippen LogP contribution in [0.2, 0.25) is 0 Å². The maximum atomic E-state index is 3.78. The molecule has 0 aromatic rings. The lowest BCUT2D eigenvalue weighted by molar-refractivity contribution is 0.177. The maximum absolute atomic E-state index is 3.78. The van der Waals surface area contributed by atoms with Crippen LogP contribution in [0.1, 0.15) is 25.7 Å². The zero-order chi connectivity index (χ0) is 7.73. The zero-order valence-electron chi connectivity index (χ0n) is 7.18. The zero-order valence-corrected chi connectivity index (χ0v) is 7.18. The normalized spacial score (nSPS) is 28.7. The third kappa shape index (κ3) is 1.48. The highest BCUT2D eigenvalue weighted by molar-refractivity contribution is 4.98. The fourth-order valence-corrected chi connectivity index (χ4v) is 2.23. The van der Waals surface area contributed by atoms with Crippen LogP contribution in [0, 0.1) is 5.41 Å². The van der Waals surface area contributed by atoms with Crippen molar-refractivity contribution >= 4 is 0 Å². The number of piperidine rings is 1. The second kappa shape index (κ2) is 2.63. The number of rotatable bonds is 2. The van der Waals surface area contributed by atoms with Gasteiger partial charge < -0.3 is 0 Å². The Morgan fingerprint density at radius 1 is 1.36 bits per heavy atom. The van der Waals surface area contributed by atoms with Gasteiger partial charge in [0.25, 0.3) is 0 Å². The molecule has 11 heavy (non-hydrogen) atoms. The third-order valence-electron chi connectivity index (χ3n) is 3.08. The lowest BCUT2D eigenvalue weighted by Gasteiger charge is -2.31. The summed E-state index contributed by atoms with van der Waals surface area (Å²) in [6, 6.07) is 0. The van der Waals surface area contributed by atoms with Crippen LogP contribution in [0.3, 0.4) is 0 Å². The summed E-state index contributed by atoms with van der Waals surface area (Å²) in [5.41, 5.74) is 0.779. The molecule has 1 aliphatic carbocycles. The molecule has 0 aromatic carbocycles. The molecule has 1 nitrogen and oxygen atoms in total. The topological polar surface area (TPSA) is 3.24 Å². The van der Waals surface area contributed by atoms with E-state index in [1.54, 1.807) is 0 Å². The average molecular weight is 151 g/mol. The number of nitrogens with zero attached hydrogens (tertiary/aromatic N) is 1. The minimum Gasteiger partial charge on any atom is -0.299 e. The predicted octanol–water partition coefficient (Wildman–Crippen LogP) is 2.05. The monoisotopic (exact) mass is 151 g/mol. The van der Waals surface area contributed by atoms with Crippen LogP contribution in [0.4, 0.5) is 0 Å². The number of likely N-dealkylation sites (tertiary alicyclic amines) is 1. The van der Waals surface area contributed by atoms with Gasteiger partial charge in [0.1, 0.15) is 0 Å². The molecule has 0 radical (unpaired) electrons. The average Bonchev–Trinajstić information content (AvgIpc) is 2.70. The van der Waals surface area contributed by atoms with E-state index in [0.29, 0.717) is 0 Å². The molecule has 2 rings (SSSR count). The second-order valence-corrected chi connectivity index (χ2v) is 4.13. The van der Waals surface area contributed by atoms with E-state index in [2.05, 4.69) is 11.5 Å². The Kier molecular flexibility index (Phi) is 1.76. The first-order valence-corrected chi connectivity index (χ1v) is 4.68. The van der Waals surface area contributed by atoms with Crippen molar-refractivity contribution < 1.29 is 0 Å². The molecule has 0 bridgehead atoms. The van der Waals surface area contributed by atoms with Crippen LogP contribution in [0.25, 0.3) is 0 Å². The standard InChI is InChI=1S/C10H17N/c1-2-7-11-8-3-4-10(9-11)5-6-10/h2H,1,3-9H2. The molecule has 2 fully saturated rings. The van der Waals surface area contributed by atoms with Crippen molar-refractivity contribution in [3.05, 3.63) is 12.7 Å². The summed E-state index contributed by atoms with van der Waals surface area (Å²) in [5, 5.41) is 0. The van der Waals surface area contributed by atoms with E-state index in [1.807, 2.05) is 6.08 Å².